The average Bonchev–Trinajstić information content (AvgIpc) is 3.15. The van der Waals surface area contributed by atoms with Crippen molar-refractivity contribution in [2.24, 2.45) is 0 Å². The van der Waals surface area contributed by atoms with Gasteiger partial charge in [0.05, 0.1) is 31.0 Å². The third-order valence-corrected chi connectivity index (χ3v) is 4.94. The van der Waals surface area contributed by atoms with E-state index in [2.05, 4.69) is 33.7 Å². The van der Waals surface area contributed by atoms with Crippen LogP contribution in [0.3, 0.4) is 0 Å². The van der Waals surface area contributed by atoms with Crippen LogP contribution in [0, 0.1) is 0 Å². The van der Waals surface area contributed by atoms with E-state index in [4.69, 9.17) is 4.74 Å². The number of morpholine rings is 1. The number of hydrogen-bond acceptors (Lipinski definition) is 6. The number of thiazole rings is 1. The summed E-state index contributed by atoms with van der Waals surface area (Å²) in [5.41, 5.74) is 8.54. The zero-order valence-corrected chi connectivity index (χ0v) is 15.7. The first kappa shape index (κ1) is 18.4. The van der Waals surface area contributed by atoms with Crippen LogP contribution in [0.15, 0.2) is 41.8 Å². The first-order chi connectivity index (χ1) is 12.8. The van der Waals surface area contributed by atoms with Gasteiger partial charge >= 0.3 is 0 Å². The fraction of sp³-hybridized carbons (Fsp3) is 0.368. The van der Waals surface area contributed by atoms with Crippen LogP contribution in [-0.2, 0) is 16.0 Å². The summed E-state index contributed by atoms with van der Waals surface area (Å²) in [6.45, 7) is 5.22. The summed E-state index contributed by atoms with van der Waals surface area (Å²) in [6.07, 6.45) is 3.18. The number of benzene rings is 1. The van der Waals surface area contributed by atoms with Crippen molar-refractivity contribution in [2.75, 3.05) is 31.2 Å². The minimum atomic E-state index is -0.109. The molecule has 138 valence electrons. The Morgan fingerprint density at radius 1 is 1.27 bits per heavy atom. The van der Waals surface area contributed by atoms with Crippen molar-refractivity contribution in [3.8, 4) is 0 Å². The number of nitrogens with zero attached hydrogens (tertiary/aromatic N) is 2. The van der Waals surface area contributed by atoms with Crippen molar-refractivity contribution in [3.63, 3.8) is 0 Å². The molecule has 0 atom stereocenters. The largest absolute Gasteiger partial charge is 0.378 e. The summed E-state index contributed by atoms with van der Waals surface area (Å²) >= 11 is 1.57. The Morgan fingerprint density at radius 3 is 2.77 bits per heavy atom. The van der Waals surface area contributed by atoms with E-state index >= 15 is 0 Å². The van der Waals surface area contributed by atoms with Gasteiger partial charge < -0.3 is 9.64 Å². The quantitative estimate of drug-likeness (QED) is 0.732. The second-order valence-electron chi connectivity index (χ2n) is 5.96. The van der Waals surface area contributed by atoms with Crippen LogP contribution in [0.4, 0.5) is 5.13 Å². The molecular weight excluding hydrogens is 348 g/mol. The molecule has 0 radical (unpaired) electrons. The summed E-state index contributed by atoms with van der Waals surface area (Å²) in [4.78, 5) is 19.0. The second-order valence-corrected chi connectivity index (χ2v) is 6.80. The topological polar surface area (TPSA) is 66.5 Å². The van der Waals surface area contributed by atoms with Gasteiger partial charge in [-0.2, -0.15) is 0 Å². The number of hydrazine groups is 1. The Morgan fingerprint density at radius 2 is 2.04 bits per heavy atom. The molecule has 0 saturated carbocycles. The summed E-state index contributed by atoms with van der Waals surface area (Å²) in [7, 11) is 0. The highest BCUT2D eigenvalue weighted by Gasteiger charge is 2.15. The smallest absolute Gasteiger partial charge is 0.244 e. The molecule has 0 aliphatic carbocycles. The van der Waals surface area contributed by atoms with Crippen LogP contribution in [-0.4, -0.2) is 37.2 Å². The molecule has 26 heavy (non-hydrogen) atoms. The second kappa shape index (κ2) is 9.35. The molecule has 1 aromatic heterocycles. The van der Waals surface area contributed by atoms with Crippen LogP contribution < -0.4 is 15.8 Å². The Bertz CT molecular complexity index is 739. The Kier molecular flexibility index (Phi) is 6.62. The lowest BCUT2D eigenvalue weighted by molar-refractivity contribution is -0.121. The first-order valence-corrected chi connectivity index (χ1v) is 9.71. The lowest BCUT2D eigenvalue weighted by atomic mass is 10.1. The van der Waals surface area contributed by atoms with Crippen molar-refractivity contribution < 1.29 is 9.53 Å². The number of hydrogen-bond donors (Lipinski definition) is 2. The predicted molar refractivity (Wildman–Crippen MR) is 105 cm³/mol. The van der Waals surface area contributed by atoms with E-state index in [1.165, 1.54) is 0 Å². The van der Waals surface area contributed by atoms with Gasteiger partial charge in [-0.1, -0.05) is 43.3 Å². The molecule has 6 nitrogen and oxygen atoms in total. The van der Waals surface area contributed by atoms with Gasteiger partial charge in [0, 0.05) is 18.5 Å². The van der Waals surface area contributed by atoms with Gasteiger partial charge in [-0.25, -0.2) is 4.98 Å². The Balaban J connectivity index is 1.53. The highest BCUT2D eigenvalue weighted by Crippen LogP contribution is 2.21. The molecule has 0 spiro atoms. The fourth-order valence-corrected chi connectivity index (χ4v) is 3.57. The number of carbonyl (C=O) groups is 1. The van der Waals surface area contributed by atoms with Crippen LogP contribution in [0.2, 0.25) is 0 Å². The number of amides is 1. The molecular formula is C19H24N4O2S. The number of carbonyl (C=O) groups excluding carboxylic acids is 1. The average molecular weight is 372 g/mol. The molecule has 1 amide bonds. The van der Waals surface area contributed by atoms with E-state index in [-0.39, 0.29) is 12.3 Å². The molecule has 3 rings (SSSR count). The minimum Gasteiger partial charge on any atom is -0.378 e. The van der Waals surface area contributed by atoms with Gasteiger partial charge in [-0.3, -0.25) is 15.6 Å². The lowest BCUT2D eigenvalue weighted by Gasteiger charge is -2.26. The van der Waals surface area contributed by atoms with Crippen molar-refractivity contribution in [1.82, 2.24) is 15.8 Å². The van der Waals surface area contributed by atoms with Gasteiger partial charge in [-0.15, -0.1) is 11.3 Å². The minimum absolute atomic E-state index is 0.109. The molecule has 2 heterocycles. The molecule has 1 aliphatic heterocycles. The maximum absolute atomic E-state index is 12.3. The molecule has 1 fully saturated rings. The highest BCUT2D eigenvalue weighted by atomic mass is 32.1. The highest BCUT2D eigenvalue weighted by molar-refractivity contribution is 7.13. The summed E-state index contributed by atoms with van der Waals surface area (Å²) in [5.74, 6) is -0.109. The Hall–Kier alpha value is -2.38. The van der Waals surface area contributed by atoms with E-state index in [9.17, 15) is 4.79 Å². The van der Waals surface area contributed by atoms with Crippen LogP contribution in [0.1, 0.15) is 24.6 Å². The van der Waals surface area contributed by atoms with E-state index in [1.807, 2.05) is 35.7 Å². The molecule has 1 aliphatic rings. The van der Waals surface area contributed by atoms with Gasteiger partial charge in [0.15, 0.2) is 5.13 Å². The third-order valence-electron chi connectivity index (χ3n) is 3.99. The van der Waals surface area contributed by atoms with Crippen LogP contribution >= 0.6 is 11.3 Å². The van der Waals surface area contributed by atoms with Crippen molar-refractivity contribution >= 4 is 28.1 Å². The molecule has 2 aromatic rings. The van der Waals surface area contributed by atoms with Crippen molar-refractivity contribution in [3.05, 3.63) is 53.0 Å². The zero-order valence-electron chi connectivity index (χ0n) is 14.9. The number of rotatable bonds is 7. The van der Waals surface area contributed by atoms with Crippen LogP contribution in [0.5, 0.6) is 0 Å². The standard InChI is InChI=1S/C19H24N4O2S/c1-2-6-17(15-7-4-3-5-8-15)21-22-18(24)13-16-14-26-19(20-16)23-9-11-25-12-10-23/h3-8,14,21H,2,9-13H2,1H3,(H,22,24)/b17-6-. The molecule has 1 saturated heterocycles. The SMILES string of the molecule is CC/C=C(\NNC(=O)Cc1csc(N2CCOCC2)n1)c1ccccc1. The number of aromatic nitrogens is 1. The van der Waals surface area contributed by atoms with E-state index in [0.29, 0.717) is 0 Å². The van der Waals surface area contributed by atoms with Gasteiger partial charge in [-0.05, 0) is 12.0 Å². The summed E-state index contributed by atoms with van der Waals surface area (Å²) in [5, 5.41) is 2.91. The molecule has 2 N–H and O–H groups in total. The maximum Gasteiger partial charge on any atom is 0.244 e. The third kappa shape index (κ3) is 5.06. The molecule has 0 bridgehead atoms. The van der Waals surface area contributed by atoms with Gasteiger partial charge in [0.2, 0.25) is 5.91 Å². The molecule has 7 heteroatoms. The number of ether oxygens (including phenoxy) is 1. The monoisotopic (exact) mass is 372 g/mol. The van der Waals surface area contributed by atoms with E-state index in [0.717, 1.165) is 54.8 Å². The number of anilines is 1. The van der Waals surface area contributed by atoms with Crippen LogP contribution in [0.25, 0.3) is 5.70 Å². The number of nitrogens with one attached hydrogen (secondary N) is 2. The van der Waals surface area contributed by atoms with Crippen molar-refractivity contribution in [2.45, 2.75) is 19.8 Å². The summed E-state index contributed by atoms with van der Waals surface area (Å²) < 4.78 is 5.36. The zero-order chi connectivity index (χ0) is 18.2. The molecule has 1 aromatic carbocycles. The van der Waals surface area contributed by atoms with Gasteiger partial charge in [0.25, 0.3) is 0 Å². The number of allylic oxidation sites excluding steroid dienone is 1. The lowest BCUT2D eigenvalue weighted by Crippen LogP contribution is -2.37. The maximum atomic E-state index is 12.3. The van der Waals surface area contributed by atoms with E-state index < -0.39 is 0 Å². The molecule has 0 unspecified atom stereocenters. The van der Waals surface area contributed by atoms with Crippen molar-refractivity contribution in [1.29, 1.82) is 0 Å². The Labute approximate surface area is 157 Å². The predicted octanol–water partition coefficient (Wildman–Crippen LogP) is 2.59. The summed E-state index contributed by atoms with van der Waals surface area (Å²) in [6, 6.07) is 9.95. The van der Waals surface area contributed by atoms with Gasteiger partial charge in [0.1, 0.15) is 0 Å². The van der Waals surface area contributed by atoms with E-state index in [1.54, 1.807) is 11.3 Å². The normalized spacial score (nSPS) is 15.0. The first-order valence-electron chi connectivity index (χ1n) is 8.84. The fourth-order valence-electron chi connectivity index (χ4n) is 2.69.